The number of fused-ring (bicyclic) bond motifs is 1. The summed E-state index contributed by atoms with van der Waals surface area (Å²) in [6, 6.07) is 7.37. The van der Waals surface area contributed by atoms with Gasteiger partial charge in [-0.1, -0.05) is 13.8 Å². The predicted octanol–water partition coefficient (Wildman–Crippen LogP) is 4.13. The number of anilines is 2. The molecule has 1 aliphatic heterocycles. The number of nitrogens with zero attached hydrogens (tertiary/aromatic N) is 3. The topological polar surface area (TPSA) is 80.4 Å². The van der Waals surface area contributed by atoms with Gasteiger partial charge in [0.2, 0.25) is 5.91 Å². The van der Waals surface area contributed by atoms with Crippen molar-refractivity contribution in [3.63, 3.8) is 0 Å². The summed E-state index contributed by atoms with van der Waals surface area (Å²) in [5, 5.41) is 7.60. The lowest BCUT2D eigenvalue weighted by Crippen LogP contribution is -2.28. The van der Waals surface area contributed by atoms with Crippen molar-refractivity contribution in [2.75, 3.05) is 16.8 Å². The molecule has 0 spiro atoms. The fraction of sp³-hybridized carbons (Fsp3) is 0.375. The Balaban J connectivity index is 1.45. The van der Waals surface area contributed by atoms with Gasteiger partial charge in [-0.15, -0.1) is 0 Å². The summed E-state index contributed by atoms with van der Waals surface area (Å²) >= 11 is 0. The average molecular weight is 421 g/mol. The van der Waals surface area contributed by atoms with E-state index >= 15 is 0 Å². The molecule has 1 aromatic carbocycles. The van der Waals surface area contributed by atoms with E-state index in [-0.39, 0.29) is 18.2 Å². The molecule has 0 saturated heterocycles. The minimum absolute atomic E-state index is 0.0698. The number of rotatable bonds is 6. The van der Waals surface area contributed by atoms with Gasteiger partial charge >= 0.3 is 0 Å². The lowest BCUT2D eigenvalue weighted by molar-refractivity contribution is -0.115. The van der Waals surface area contributed by atoms with E-state index in [4.69, 9.17) is 4.42 Å². The van der Waals surface area contributed by atoms with E-state index in [1.54, 1.807) is 11.0 Å². The van der Waals surface area contributed by atoms with Crippen LogP contribution in [0.1, 0.15) is 46.7 Å². The molecule has 1 N–H and O–H groups in total. The molecule has 0 bridgehead atoms. The van der Waals surface area contributed by atoms with Crippen molar-refractivity contribution in [1.29, 1.82) is 0 Å². The van der Waals surface area contributed by atoms with Crippen molar-refractivity contribution in [2.24, 2.45) is 5.92 Å². The Morgan fingerprint density at radius 3 is 2.74 bits per heavy atom. The summed E-state index contributed by atoms with van der Waals surface area (Å²) in [4.78, 5) is 27.1. The molecule has 2 aromatic heterocycles. The van der Waals surface area contributed by atoms with Gasteiger partial charge in [0.25, 0.3) is 5.91 Å². The Morgan fingerprint density at radius 1 is 1.23 bits per heavy atom. The largest absolute Gasteiger partial charge is 0.472 e. The minimum atomic E-state index is -0.0753. The monoisotopic (exact) mass is 420 g/mol. The number of hydrogen-bond acceptors (Lipinski definition) is 4. The maximum atomic E-state index is 12.7. The van der Waals surface area contributed by atoms with Crippen LogP contribution in [-0.2, 0) is 24.2 Å². The van der Waals surface area contributed by atoms with Gasteiger partial charge in [-0.25, -0.2) is 0 Å². The maximum absolute atomic E-state index is 12.7. The van der Waals surface area contributed by atoms with Crippen molar-refractivity contribution < 1.29 is 14.0 Å². The molecule has 0 saturated carbocycles. The van der Waals surface area contributed by atoms with Gasteiger partial charge in [0, 0.05) is 35.7 Å². The van der Waals surface area contributed by atoms with Crippen LogP contribution in [0.25, 0.3) is 0 Å². The lowest BCUT2D eigenvalue weighted by atomic mass is 10.1. The average Bonchev–Trinajstić information content (AvgIpc) is 3.44. The third kappa shape index (κ3) is 4.26. The second kappa shape index (κ2) is 8.41. The fourth-order valence-electron chi connectivity index (χ4n) is 4.11. The lowest BCUT2D eigenvalue weighted by Gasteiger charge is -2.16. The number of hydrogen-bond donors (Lipinski definition) is 1. The zero-order valence-corrected chi connectivity index (χ0v) is 18.4. The molecule has 0 aliphatic carbocycles. The van der Waals surface area contributed by atoms with Crippen LogP contribution >= 0.6 is 0 Å². The first-order valence-electron chi connectivity index (χ1n) is 10.6. The van der Waals surface area contributed by atoms with E-state index < -0.39 is 0 Å². The van der Waals surface area contributed by atoms with Crippen molar-refractivity contribution in [1.82, 2.24) is 9.78 Å². The molecular formula is C24H28N4O3. The van der Waals surface area contributed by atoms with Gasteiger partial charge in [0.15, 0.2) is 0 Å². The molecule has 0 atom stereocenters. The first-order chi connectivity index (χ1) is 14.8. The highest BCUT2D eigenvalue weighted by molar-refractivity contribution is 6.07. The summed E-state index contributed by atoms with van der Waals surface area (Å²) < 4.78 is 7.02. The third-order valence-corrected chi connectivity index (χ3v) is 5.68. The molecule has 0 fully saturated rings. The summed E-state index contributed by atoms with van der Waals surface area (Å²) in [6.07, 6.45) is 4.00. The molecule has 1 aliphatic rings. The molecule has 0 radical (unpaired) electrons. The highest BCUT2D eigenvalue weighted by Gasteiger charge is 2.26. The number of furan rings is 1. The Kier molecular flexibility index (Phi) is 5.67. The number of nitrogens with one attached hydrogen (secondary N) is 1. The first kappa shape index (κ1) is 20.9. The van der Waals surface area contributed by atoms with E-state index in [9.17, 15) is 9.59 Å². The Labute approximate surface area is 182 Å². The normalized spacial score (nSPS) is 13.0. The summed E-state index contributed by atoms with van der Waals surface area (Å²) in [6.45, 7) is 9.73. The molecule has 7 heteroatoms. The molecule has 2 amide bonds. The van der Waals surface area contributed by atoms with Gasteiger partial charge < -0.3 is 14.6 Å². The second-order valence-electron chi connectivity index (χ2n) is 8.51. The van der Waals surface area contributed by atoms with Gasteiger partial charge in [-0.2, -0.15) is 5.10 Å². The number of aromatic nitrogens is 2. The van der Waals surface area contributed by atoms with Crippen molar-refractivity contribution in [3.05, 3.63) is 64.9 Å². The van der Waals surface area contributed by atoms with Gasteiger partial charge in [-0.05, 0) is 56.0 Å². The number of carbonyl (C=O) groups excluding carboxylic acids is 2. The summed E-state index contributed by atoms with van der Waals surface area (Å²) in [5.74, 6) is 0.347. The molecule has 3 heterocycles. The fourth-order valence-corrected chi connectivity index (χ4v) is 4.11. The number of carbonyl (C=O) groups is 2. The van der Waals surface area contributed by atoms with Crippen molar-refractivity contribution >= 4 is 23.2 Å². The van der Waals surface area contributed by atoms with Crippen molar-refractivity contribution in [3.8, 4) is 0 Å². The summed E-state index contributed by atoms with van der Waals surface area (Å²) in [5.41, 5.74) is 6.13. The number of benzene rings is 1. The van der Waals surface area contributed by atoms with E-state index in [0.29, 0.717) is 18.0 Å². The second-order valence-corrected chi connectivity index (χ2v) is 8.51. The Hall–Kier alpha value is -3.35. The molecule has 4 rings (SSSR count). The van der Waals surface area contributed by atoms with E-state index in [1.807, 2.05) is 36.7 Å². The van der Waals surface area contributed by atoms with E-state index in [1.165, 1.54) is 12.5 Å². The zero-order valence-electron chi connectivity index (χ0n) is 18.4. The smallest absolute Gasteiger partial charge is 0.261 e. The molecule has 31 heavy (non-hydrogen) atoms. The number of aryl methyl sites for hydroxylation is 1. The van der Waals surface area contributed by atoms with Crippen LogP contribution in [0.5, 0.6) is 0 Å². The standard InChI is InChI=1S/C24H28N4O3/c1-15(2)13-28-17(4)21(16(3)26-28)12-23(29)25-20-5-6-22-18(11-20)7-9-27(22)24(30)19-8-10-31-14-19/h5-6,8,10-11,14-15H,7,9,12-13H2,1-4H3,(H,25,29). The number of amides is 2. The van der Waals surface area contributed by atoms with Crippen LogP contribution in [0.2, 0.25) is 0 Å². The zero-order chi connectivity index (χ0) is 22.1. The van der Waals surface area contributed by atoms with Crippen LogP contribution in [0.15, 0.2) is 41.2 Å². The quantitative estimate of drug-likeness (QED) is 0.650. The third-order valence-electron chi connectivity index (χ3n) is 5.68. The van der Waals surface area contributed by atoms with Crippen LogP contribution in [0.4, 0.5) is 11.4 Å². The Morgan fingerprint density at radius 2 is 2.03 bits per heavy atom. The highest BCUT2D eigenvalue weighted by Crippen LogP contribution is 2.32. The Bertz CT molecular complexity index is 1110. The van der Waals surface area contributed by atoms with Crippen molar-refractivity contribution in [2.45, 2.75) is 47.1 Å². The van der Waals surface area contributed by atoms with Crippen LogP contribution in [-0.4, -0.2) is 28.1 Å². The molecule has 162 valence electrons. The minimum Gasteiger partial charge on any atom is -0.472 e. The van der Waals surface area contributed by atoms with Gasteiger partial charge in [0.1, 0.15) is 6.26 Å². The van der Waals surface area contributed by atoms with Crippen LogP contribution in [0.3, 0.4) is 0 Å². The van der Waals surface area contributed by atoms with Gasteiger partial charge in [0.05, 0.1) is 23.9 Å². The molecular weight excluding hydrogens is 392 g/mol. The molecule has 3 aromatic rings. The SMILES string of the molecule is Cc1nn(CC(C)C)c(C)c1CC(=O)Nc1ccc2c(c1)CCN2C(=O)c1ccoc1. The first-order valence-corrected chi connectivity index (χ1v) is 10.6. The summed E-state index contributed by atoms with van der Waals surface area (Å²) in [7, 11) is 0. The molecule has 0 unspecified atom stereocenters. The van der Waals surface area contributed by atoms with E-state index in [2.05, 4.69) is 24.3 Å². The van der Waals surface area contributed by atoms with Crippen LogP contribution in [0, 0.1) is 19.8 Å². The molecule has 7 nitrogen and oxygen atoms in total. The van der Waals surface area contributed by atoms with Gasteiger partial charge in [-0.3, -0.25) is 14.3 Å². The van der Waals surface area contributed by atoms with Crippen LogP contribution < -0.4 is 10.2 Å². The van der Waals surface area contributed by atoms with E-state index in [0.717, 1.165) is 46.9 Å². The maximum Gasteiger partial charge on any atom is 0.261 e. The highest BCUT2D eigenvalue weighted by atomic mass is 16.3. The predicted molar refractivity (Wildman–Crippen MR) is 119 cm³/mol.